The molecule has 10 aromatic carbocycles. The van der Waals surface area contributed by atoms with Crippen LogP contribution in [0.2, 0.25) is 0 Å². The van der Waals surface area contributed by atoms with Crippen LogP contribution < -0.4 is 5.32 Å². The van der Waals surface area contributed by atoms with E-state index in [4.69, 9.17) is 0 Å². The van der Waals surface area contributed by atoms with Crippen LogP contribution in [-0.4, -0.2) is 0 Å². The summed E-state index contributed by atoms with van der Waals surface area (Å²) >= 11 is 0. The predicted octanol–water partition coefficient (Wildman–Crippen LogP) is 17.0. The molecule has 12 rings (SSSR count). The first-order valence-corrected chi connectivity index (χ1v) is 22.2. The van der Waals surface area contributed by atoms with Crippen LogP contribution in [0.1, 0.15) is 49.9 Å². The van der Waals surface area contributed by atoms with Gasteiger partial charge in [0, 0.05) is 22.2 Å². The number of anilines is 2. The molecular formula is C62H47N. The van der Waals surface area contributed by atoms with E-state index in [2.05, 4.69) is 239 Å². The molecule has 1 N–H and O–H groups in total. The van der Waals surface area contributed by atoms with Gasteiger partial charge < -0.3 is 5.32 Å². The Hall–Kier alpha value is -7.48. The summed E-state index contributed by atoms with van der Waals surface area (Å²) in [5, 5.41) is 8.91. The van der Waals surface area contributed by atoms with Gasteiger partial charge in [0.2, 0.25) is 0 Å². The molecule has 0 radical (unpaired) electrons. The monoisotopic (exact) mass is 805 g/mol. The highest BCUT2D eigenvalue weighted by Crippen LogP contribution is 2.52. The average molecular weight is 806 g/mol. The molecule has 0 atom stereocenters. The van der Waals surface area contributed by atoms with Crippen molar-refractivity contribution in [3.63, 3.8) is 0 Å². The van der Waals surface area contributed by atoms with Crippen LogP contribution in [-0.2, 0) is 10.8 Å². The standard InChI is InChI=1S/C62H47N/c1-61(2)57-25-11-9-21-51(57)53-31-27-41(35-59(53)61)55-37-43(29-33-49(55)47-23-13-17-39-15-5-7-19-45(39)47)63-44-30-34-50(48-24-14-18-40-16-6-8-20-46(40)48)56(38-44)42-28-32-54-52-22-10-12-26-58(52)62(3,4)60(54)36-42/h5-38,63H,1-4H3. The van der Waals surface area contributed by atoms with Crippen molar-refractivity contribution < 1.29 is 0 Å². The van der Waals surface area contributed by atoms with Crippen LogP contribution in [0.15, 0.2) is 206 Å². The summed E-state index contributed by atoms with van der Waals surface area (Å²) in [6.45, 7) is 9.47. The van der Waals surface area contributed by atoms with Crippen LogP contribution in [0.5, 0.6) is 0 Å². The maximum atomic E-state index is 3.92. The zero-order valence-electron chi connectivity index (χ0n) is 36.1. The van der Waals surface area contributed by atoms with Gasteiger partial charge in [-0.3, -0.25) is 0 Å². The molecule has 0 amide bonds. The van der Waals surface area contributed by atoms with Gasteiger partial charge in [0.15, 0.2) is 0 Å². The Labute approximate surface area is 370 Å². The Morgan fingerprint density at radius 3 is 1.11 bits per heavy atom. The van der Waals surface area contributed by atoms with Crippen molar-refractivity contribution >= 4 is 32.9 Å². The lowest BCUT2D eigenvalue weighted by atomic mass is 9.81. The lowest BCUT2D eigenvalue weighted by molar-refractivity contribution is 0.660. The SMILES string of the molecule is CC1(C)c2ccccc2-c2ccc(-c3cc(Nc4ccc(-c5cccc6ccccc56)c(-c5ccc6c(c5)C(C)(C)c5ccccc5-6)c4)ccc3-c3cccc4ccccc34)cc21. The van der Waals surface area contributed by atoms with E-state index in [-0.39, 0.29) is 10.8 Å². The number of benzene rings is 10. The zero-order chi connectivity index (χ0) is 42.5. The molecule has 0 spiro atoms. The Morgan fingerprint density at radius 2 is 0.635 bits per heavy atom. The maximum absolute atomic E-state index is 3.92. The Balaban J connectivity index is 1.01. The van der Waals surface area contributed by atoms with Crippen molar-refractivity contribution in [3.05, 3.63) is 229 Å². The van der Waals surface area contributed by atoms with Crippen LogP contribution in [0.3, 0.4) is 0 Å². The molecule has 0 saturated heterocycles. The fraction of sp³-hybridized carbons (Fsp3) is 0.0968. The second-order valence-corrected chi connectivity index (χ2v) is 18.6. The summed E-state index contributed by atoms with van der Waals surface area (Å²) in [5.74, 6) is 0. The minimum Gasteiger partial charge on any atom is -0.355 e. The van der Waals surface area contributed by atoms with Crippen LogP contribution in [0.25, 0.3) is 88.3 Å². The average Bonchev–Trinajstić information content (AvgIpc) is 3.70. The molecule has 0 heterocycles. The van der Waals surface area contributed by atoms with Gasteiger partial charge in [-0.15, -0.1) is 0 Å². The Morgan fingerprint density at radius 1 is 0.270 bits per heavy atom. The first kappa shape index (κ1) is 37.3. The molecule has 1 heteroatoms. The second-order valence-electron chi connectivity index (χ2n) is 18.6. The van der Waals surface area contributed by atoms with Gasteiger partial charge in [-0.25, -0.2) is 0 Å². The van der Waals surface area contributed by atoms with Gasteiger partial charge in [-0.2, -0.15) is 0 Å². The van der Waals surface area contributed by atoms with Crippen molar-refractivity contribution in [1.29, 1.82) is 0 Å². The van der Waals surface area contributed by atoms with E-state index in [1.807, 2.05) is 0 Å². The molecule has 0 bridgehead atoms. The fourth-order valence-electron chi connectivity index (χ4n) is 11.0. The van der Waals surface area contributed by atoms with Gasteiger partial charge in [-0.1, -0.05) is 198 Å². The lowest BCUT2D eigenvalue weighted by Crippen LogP contribution is -2.14. The third-order valence-corrected chi connectivity index (χ3v) is 14.3. The van der Waals surface area contributed by atoms with Gasteiger partial charge in [0.1, 0.15) is 0 Å². The first-order chi connectivity index (χ1) is 30.7. The molecule has 0 unspecified atom stereocenters. The predicted molar refractivity (Wildman–Crippen MR) is 268 cm³/mol. The summed E-state index contributed by atoms with van der Waals surface area (Å²) in [6.07, 6.45) is 0. The third-order valence-electron chi connectivity index (χ3n) is 14.3. The van der Waals surface area contributed by atoms with Crippen LogP contribution in [0.4, 0.5) is 11.4 Å². The van der Waals surface area contributed by atoms with Gasteiger partial charge in [0.05, 0.1) is 0 Å². The molecule has 10 aromatic rings. The minimum atomic E-state index is -0.102. The lowest BCUT2D eigenvalue weighted by Gasteiger charge is -2.23. The van der Waals surface area contributed by atoms with Crippen molar-refractivity contribution in [2.45, 2.75) is 38.5 Å². The molecule has 2 aliphatic rings. The van der Waals surface area contributed by atoms with E-state index in [9.17, 15) is 0 Å². The summed E-state index contributed by atoms with van der Waals surface area (Å²) in [6, 6.07) is 76.8. The number of hydrogen-bond donors (Lipinski definition) is 1. The number of rotatable bonds is 6. The van der Waals surface area contributed by atoms with Gasteiger partial charge in [0.25, 0.3) is 0 Å². The van der Waals surface area contributed by atoms with Crippen molar-refractivity contribution in [3.8, 4) is 66.8 Å². The fourth-order valence-corrected chi connectivity index (χ4v) is 11.0. The van der Waals surface area contributed by atoms with Crippen LogP contribution in [0, 0.1) is 0 Å². The summed E-state index contributed by atoms with van der Waals surface area (Å²) < 4.78 is 0. The zero-order valence-corrected chi connectivity index (χ0v) is 36.1. The molecule has 300 valence electrons. The van der Waals surface area contributed by atoms with Gasteiger partial charge >= 0.3 is 0 Å². The smallest absolute Gasteiger partial charge is 0.0390 e. The van der Waals surface area contributed by atoms with Crippen molar-refractivity contribution in [2.24, 2.45) is 0 Å². The van der Waals surface area contributed by atoms with E-state index in [0.29, 0.717) is 0 Å². The highest BCUT2D eigenvalue weighted by Gasteiger charge is 2.36. The van der Waals surface area contributed by atoms with Crippen molar-refractivity contribution in [1.82, 2.24) is 0 Å². The topological polar surface area (TPSA) is 12.0 Å². The molecule has 0 saturated carbocycles. The Kier molecular flexibility index (Phi) is 8.30. The van der Waals surface area contributed by atoms with Crippen LogP contribution >= 0.6 is 0 Å². The van der Waals surface area contributed by atoms with E-state index in [0.717, 1.165) is 11.4 Å². The summed E-state index contributed by atoms with van der Waals surface area (Å²) in [4.78, 5) is 0. The molecule has 2 aliphatic carbocycles. The van der Waals surface area contributed by atoms with E-state index in [1.54, 1.807) is 0 Å². The molecule has 1 nitrogen and oxygen atoms in total. The van der Waals surface area contributed by atoms with Gasteiger partial charge in [-0.05, 0) is 147 Å². The van der Waals surface area contributed by atoms with E-state index in [1.165, 1.54) is 111 Å². The Bertz CT molecular complexity index is 3250. The number of nitrogens with one attached hydrogen (secondary N) is 1. The highest BCUT2D eigenvalue weighted by atomic mass is 14.9. The number of fused-ring (bicyclic) bond motifs is 8. The molecule has 0 aromatic heterocycles. The third kappa shape index (κ3) is 5.84. The minimum absolute atomic E-state index is 0.102. The quantitative estimate of drug-likeness (QED) is 0.176. The molecule has 0 aliphatic heterocycles. The maximum Gasteiger partial charge on any atom is 0.0390 e. The molecular weight excluding hydrogens is 759 g/mol. The second kappa shape index (κ2) is 14.0. The van der Waals surface area contributed by atoms with Crippen molar-refractivity contribution in [2.75, 3.05) is 5.32 Å². The number of hydrogen-bond acceptors (Lipinski definition) is 1. The summed E-state index contributed by atoms with van der Waals surface area (Å²) in [7, 11) is 0. The first-order valence-electron chi connectivity index (χ1n) is 22.2. The molecule has 0 fully saturated rings. The normalized spacial score (nSPS) is 14.0. The largest absolute Gasteiger partial charge is 0.355 e. The van der Waals surface area contributed by atoms with E-state index < -0.39 is 0 Å². The summed E-state index contributed by atoms with van der Waals surface area (Å²) in [5.41, 5.74) is 22.5. The highest BCUT2D eigenvalue weighted by molar-refractivity contribution is 6.03. The van der Waals surface area contributed by atoms with E-state index >= 15 is 0 Å². The molecule has 63 heavy (non-hydrogen) atoms.